The molecule has 7 heteroatoms. The molecule has 4 rings (SSSR count). The predicted octanol–water partition coefficient (Wildman–Crippen LogP) is 1.72. The number of anilines is 1. The Bertz CT molecular complexity index is 647. The topological polar surface area (TPSA) is 75.2 Å². The van der Waals surface area contributed by atoms with E-state index in [1.807, 2.05) is 12.3 Å². The van der Waals surface area contributed by atoms with E-state index in [2.05, 4.69) is 15.3 Å². The predicted molar refractivity (Wildman–Crippen MR) is 84.2 cm³/mol. The van der Waals surface area contributed by atoms with Gasteiger partial charge in [0.25, 0.3) is 0 Å². The third-order valence-corrected chi connectivity index (χ3v) is 7.13. The quantitative estimate of drug-likeness (QED) is 0.893. The summed E-state index contributed by atoms with van der Waals surface area (Å²) in [6, 6.07) is 2.20. The molecular weight excluding hydrogens is 300 g/mol. The Labute approximate surface area is 131 Å². The molecule has 1 aliphatic heterocycles. The third kappa shape index (κ3) is 2.96. The molecule has 0 aromatic carbocycles. The Morgan fingerprint density at radius 2 is 1.82 bits per heavy atom. The van der Waals surface area contributed by atoms with E-state index >= 15 is 0 Å². The van der Waals surface area contributed by atoms with Gasteiger partial charge in [-0.2, -0.15) is 0 Å². The highest BCUT2D eigenvalue weighted by Gasteiger charge is 2.41. The monoisotopic (exact) mass is 322 g/mol. The lowest BCUT2D eigenvalue weighted by Crippen LogP contribution is -2.43. The first-order chi connectivity index (χ1) is 10.6. The zero-order valence-corrected chi connectivity index (χ0v) is 13.4. The first-order valence-electron chi connectivity index (χ1n) is 8.21. The third-order valence-electron chi connectivity index (χ3n) is 4.73. The van der Waals surface area contributed by atoms with Crippen molar-refractivity contribution in [3.63, 3.8) is 0 Å². The van der Waals surface area contributed by atoms with Crippen LogP contribution in [0.1, 0.15) is 50.3 Å². The summed E-state index contributed by atoms with van der Waals surface area (Å²) >= 11 is 0. The van der Waals surface area contributed by atoms with Crippen molar-refractivity contribution in [3.8, 4) is 0 Å². The molecule has 22 heavy (non-hydrogen) atoms. The van der Waals surface area contributed by atoms with Crippen LogP contribution in [0.4, 0.5) is 5.82 Å². The van der Waals surface area contributed by atoms with E-state index in [0.717, 1.165) is 37.3 Å². The zero-order chi connectivity index (χ0) is 15.2. The van der Waals surface area contributed by atoms with E-state index in [9.17, 15) is 8.42 Å². The van der Waals surface area contributed by atoms with Crippen molar-refractivity contribution in [3.05, 3.63) is 18.1 Å². The number of hydrogen-bond donors (Lipinski definition) is 1. The van der Waals surface area contributed by atoms with Crippen LogP contribution in [0.2, 0.25) is 0 Å². The van der Waals surface area contributed by atoms with Gasteiger partial charge in [0.15, 0.2) is 0 Å². The molecule has 3 aliphatic rings. The fraction of sp³-hybridized carbons (Fsp3) is 0.733. The fourth-order valence-electron chi connectivity index (χ4n) is 3.03. The van der Waals surface area contributed by atoms with Gasteiger partial charge >= 0.3 is 0 Å². The molecule has 1 N–H and O–H groups in total. The number of rotatable bonds is 5. The van der Waals surface area contributed by atoms with Crippen molar-refractivity contribution >= 4 is 15.8 Å². The zero-order valence-electron chi connectivity index (χ0n) is 12.6. The van der Waals surface area contributed by atoms with Crippen LogP contribution in [0.25, 0.3) is 0 Å². The van der Waals surface area contributed by atoms with Gasteiger partial charge in [-0.3, -0.25) is 0 Å². The second kappa shape index (κ2) is 5.45. The highest BCUT2D eigenvalue weighted by molar-refractivity contribution is 7.90. The molecule has 2 saturated carbocycles. The molecule has 2 heterocycles. The van der Waals surface area contributed by atoms with Gasteiger partial charge in [-0.05, 0) is 44.6 Å². The largest absolute Gasteiger partial charge is 0.367 e. The Balaban J connectivity index is 1.35. The Morgan fingerprint density at radius 3 is 2.45 bits per heavy atom. The lowest BCUT2D eigenvalue weighted by atomic mass is 10.1. The van der Waals surface area contributed by atoms with E-state index < -0.39 is 10.0 Å². The van der Waals surface area contributed by atoms with E-state index in [0.29, 0.717) is 25.0 Å². The van der Waals surface area contributed by atoms with Gasteiger partial charge in [0.2, 0.25) is 10.0 Å². The molecule has 2 aliphatic carbocycles. The van der Waals surface area contributed by atoms with Gasteiger partial charge in [0, 0.05) is 31.2 Å². The summed E-state index contributed by atoms with van der Waals surface area (Å²) in [6.45, 7) is 1.24. The van der Waals surface area contributed by atoms with Gasteiger partial charge in [-0.25, -0.2) is 22.7 Å². The van der Waals surface area contributed by atoms with Crippen LogP contribution in [0.3, 0.4) is 0 Å². The molecule has 1 aromatic heterocycles. The number of aromatic nitrogens is 2. The molecule has 1 saturated heterocycles. The van der Waals surface area contributed by atoms with Gasteiger partial charge in [-0.1, -0.05) is 0 Å². The molecule has 3 fully saturated rings. The first-order valence-corrected chi connectivity index (χ1v) is 9.72. The maximum atomic E-state index is 12.2. The minimum absolute atomic E-state index is 0.0972. The standard InChI is InChI=1S/C15H22N4O2S/c20-22(21,13-3-4-13)19-9-6-12(7-10-19)17-14-5-8-16-15(18-14)11-1-2-11/h5,8,11-13H,1-4,6-7,9-10H2,(H,16,17,18). The van der Waals surface area contributed by atoms with E-state index in [1.54, 1.807) is 4.31 Å². The van der Waals surface area contributed by atoms with Crippen LogP contribution in [0, 0.1) is 0 Å². The molecule has 0 amide bonds. The molecule has 0 spiro atoms. The Hall–Kier alpha value is -1.21. The van der Waals surface area contributed by atoms with Gasteiger partial charge < -0.3 is 5.32 Å². The lowest BCUT2D eigenvalue weighted by Gasteiger charge is -2.32. The fourth-order valence-corrected chi connectivity index (χ4v) is 4.91. The van der Waals surface area contributed by atoms with E-state index in [1.165, 1.54) is 12.8 Å². The van der Waals surface area contributed by atoms with Gasteiger partial charge in [0.05, 0.1) is 5.25 Å². The summed E-state index contributed by atoms with van der Waals surface area (Å²) < 4.78 is 26.1. The highest BCUT2D eigenvalue weighted by Crippen LogP contribution is 2.38. The second-order valence-corrected chi connectivity index (χ2v) is 8.85. The van der Waals surface area contributed by atoms with E-state index in [-0.39, 0.29) is 5.25 Å². The van der Waals surface area contributed by atoms with Crippen molar-refractivity contribution in [1.82, 2.24) is 14.3 Å². The van der Waals surface area contributed by atoms with Crippen molar-refractivity contribution < 1.29 is 8.42 Å². The maximum absolute atomic E-state index is 12.2. The number of nitrogens with zero attached hydrogens (tertiary/aromatic N) is 3. The summed E-state index contributed by atoms with van der Waals surface area (Å²) in [7, 11) is -3.01. The Morgan fingerprint density at radius 1 is 1.09 bits per heavy atom. The molecule has 0 radical (unpaired) electrons. The van der Waals surface area contributed by atoms with Crippen LogP contribution >= 0.6 is 0 Å². The summed E-state index contributed by atoms with van der Waals surface area (Å²) in [5.41, 5.74) is 0. The normalized spacial score (nSPS) is 24.4. The summed E-state index contributed by atoms with van der Waals surface area (Å²) in [4.78, 5) is 8.91. The number of hydrogen-bond acceptors (Lipinski definition) is 5. The minimum Gasteiger partial charge on any atom is -0.367 e. The molecule has 0 bridgehead atoms. The average molecular weight is 322 g/mol. The lowest BCUT2D eigenvalue weighted by molar-refractivity contribution is 0.329. The van der Waals surface area contributed by atoms with Crippen LogP contribution in [-0.2, 0) is 10.0 Å². The molecule has 0 unspecified atom stereocenters. The molecule has 120 valence electrons. The maximum Gasteiger partial charge on any atom is 0.216 e. The van der Waals surface area contributed by atoms with Crippen LogP contribution in [0.5, 0.6) is 0 Å². The van der Waals surface area contributed by atoms with Crippen molar-refractivity contribution in [1.29, 1.82) is 0 Å². The van der Waals surface area contributed by atoms with Crippen LogP contribution in [-0.4, -0.2) is 47.1 Å². The molecular formula is C15H22N4O2S. The molecule has 6 nitrogen and oxygen atoms in total. The average Bonchev–Trinajstić information content (AvgIpc) is 3.41. The summed E-state index contributed by atoms with van der Waals surface area (Å²) in [6.07, 6.45) is 7.57. The number of sulfonamides is 1. The first kappa shape index (κ1) is 14.4. The van der Waals surface area contributed by atoms with Crippen LogP contribution < -0.4 is 5.32 Å². The smallest absolute Gasteiger partial charge is 0.216 e. The Kier molecular flexibility index (Phi) is 3.57. The van der Waals surface area contributed by atoms with Gasteiger partial charge in [-0.15, -0.1) is 0 Å². The van der Waals surface area contributed by atoms with Gasteiger partial charge in [0.1, 0.15) is 11.6 Å². The summed E-state index contributed by atoms with van der Waals surface area (Å²) in [5.74, 6) is 2.37. The minimum atomic E-state index is -3.01. The number of nitrogens with one attached hydrogen (secondary N) is 1. The molecule has 0 atom stereocenters. The van der Waals surface area contributed by atoms with Crippen molar-refractivity contribution in [2.45, 2.75) is 55.7 Å². The van der Waals surface area contributed by atoms with Crippen molar-refractivity contribution in [2.24, 2.45) is 0 Å². The SMILES string of the molecule is O=S(=O)(C1CC1)N1CCC(Nc2ccnc(C3CC3)n2)CC1. The highest BCUT2D eigenvalue weighted by atomic mass is 32.2. The summed E-state index contributed by atoms with van der Waals surface area (Å²) in [5, 5.41) is 3.35. The van der Waals surface area contributed by atoms with Crippen molar-refractivity contribution in [2.75, 3.05) is 18.4 Å². The van der Waals surface area contributed by atoms with Crippen LogP contribution in [0.15, 0.2) is 12.3 Å². The molecule has 1 aromatic rings. The second-order valence-electron chi connectivity index (χ2n) is 6.64. The number of piperidine rings is 1. The van der Waals surface area contributed by atoms with E-state index in [4.69, 9.17) is 0 Å².